The van der Waals surface area contributed by atoms with Crippen molar-refractivity contribution in [1.82, 2.24) is 13.9 Å². The monoisotopic (exact) mass is 476 g/mol. The first-order valence-electron chi connectivity index (χ1n) is 10.2. The third kappa shape index (κ3) is 5.82. The molecule has 3 rings (SSSR count). The molecule has 0 spiro atoms. The molecule has 3 aromatic rings. The van der Waals surface area contributed by atoms with E-state index in [2.05, 4.69) is 24.6 Å². The summed E-state index contributed by atoms with van der Waals surface area (Å²) in [4.78, 5) is 17.6. The standard InChI is InChI=1S/C22H28ClN3O3SSi/c1-16-24-20-11-10-17(22(27)26(30(28)29)12-7-13-31(2,3)4)14-21(20)25(16)15-18-8-5-6-9-19(18)23/h5-6,8-11,14H,7,12-13,15H2,1-4H3,(H,28,29)/p-1. The smallest absolute Gasteiger partial charge is 0.264 e. The van der Waals surface area contributed by atoms with Crippen LogP contribution >= 0.6 is 11.6 Å². The lowest BCUT2D eigenvalue weighted by molar-refractivity contribution is 0.0859. The number of rotatable bonds is 8. The van der Waals surface area contributed by atoms with Crippen molar-refractivity contribution in [3.63, 3.8) is 0 Å². The molecule has 9 heteroatoms. The van der Waals surface area contributed by atoms with Crippen LogP contribution in [0, 0.1) is 6.92 Å². The lowest BCUT2D eigenvalue weighted by Crippen LogP contribution is -2.34. The number of benzene rings is 2. The summed E-state index contributed by atoms with van der Waals surface area (Å²) < 4.78 is 26.4. The Labute approximate surface area is 191 Å². The van der Waals surface area contributed by atoms with E-state index in [-0.39, 0.29) is 6.54 Å². The summed E-state index contributed by atoms with van der Waals surface area (Å²) in [5, 5.41) is 0.659. The molecule has 6 nitrogen and oxygen atoms in total. The second-order valence-corrected chi connectivity index (χ2v) is 15.7. The van der Waals surface area contributed by atoms with Gasteiger partial charge in [0.25, 0.3) is 5.91 Å². The van der Waals surface area contributed by atoms with Gasteiger partial charge in [0.05, 0.1) is 17.6 Å². The van der Waals surface area contributed by atoms with Gasteiger partial charge in [0.2, 0.25) is 0 Å². The van der Waals surface area contributed by atoms with Crippen LogP contribution in [0.2, 0.25) is 30.7 Å². The molecule has 0 saturated carbocycles. The first-order valence-corrected chi connectivity index (χ1v) is 15.3. The maximum Gasteiger partial charge on any atom is 0.264 e. The van der Waals surface area contributed by atoms with Crippen LogP contribution in [-0.4, -0.2) is 43.1 Å². The van der Waals surface area contributed by atoms with E-state index in [1.165, 1.54) is 0 Å². The molecule has 0 N–H and O–H groups in total. The Bertz CT molecular complexity index is 1130. The summed E-state index contributed by atoms with van der Waals surface area (Å²) in [6.45, 7) is 9.27. The minimum absolute atomic E-state index is 0.190. The predicted molar refractivity (Wildman–Crippen MR) is 128 cm³/mol. The Morgan fingerprint density at radius 2 is 1.94 bits per heavy atom. The Morgan fingerprint density at radius 1 is 1.23 bits per heavy atom. The maximum atomic E-state index is 13.0. The fraction of sp³-hybridized carbons (Fsp3) is 0.364. The number of nitrogens with zero attached hydrogens (tertiary/aromatic N) is 3. The Balaban J connectivity index is 1.90. The van der Waals surface area contributed by atoms with Crippen LogP contribution in [0.3, 0.4) is 0 Å². The van der Waals surface area contributed by atoms with Crippen LogP contribution in [0.5, 0.6) is 0 Å². The second kappa shape index (κ2) is 9.64. The summed E-state index contributed by atoms with van der Waals surface area (Å²) in [7, 11) is -1.32. The van der Waals surface area contributed by atoms with E-state index in [0.717, 1.165) is 32.8 Å². The topological polar surface area (TPSA) is 78.3 Å². The van der Waals surface area contributed by atoms with Gasteiger partial charge >= 0.3 is 0 Å². The van der Waals surface area contributed by atoms with Crippen molar-refractivity contribution in [2.24, 2.45) is 0 Å². The average Bonchev–Trinajstić information content (AvgIpc) is 3.00. The number of aromatic nitrogens is 2. The van der Waals surface area contributed by atoms with E-state index in [4.69, 9.17) is 11.6 Å². The minimum atomic E-state index is -2.62. The summed E-state index contributed by atoms with van der Waals surface area (Å²) >= 11 is 3.70. The van der Waals surface area contributed by atoms with Gasteiger partial charge in [-0.15, -0.1) is 0 Å². The Kier molecular flexibility index (Phi) is 7.36. The zero-order chi connectivity index (χ0) is 22.8. The van der Waals surface area contributed by atoms with Gasteiger partial charge in [-0.3, -0.25) is 13.3 Å². The number of hydrogen-bond donors (Lipinski definition) is 0. The number of aryl methyl sites for hydroxylation is 1. The number of amides is 1. The van der Waals surface area contributed by atoms with Gasteiger partial charge in [-0.25, -0.2) is 4.98 Å². The molecule has 0 aliphatic heterocycles. The summed E-state index contributed by atoms with van der Waals surface area (Å²) in [5.41, 5.74) is 2.78. The quantitative estimate of drug-likeness (QED) is 0.338. The highest BCUT2D eigenvalue weighted by Crippen LogP contribution is 2.23. The highest BCUT2D eigenvalue weighted by Gasteiger charge is 2.20. The third-order valence-corrected chi connectivity index (χ3v) is 8.10. The van der Waals surface area contributed by atoms with E-state index in [1.807, 2.05) is 35.8 Å². The summed E-state index contributed by atoms with van der Waals surface area (Å²) in [6.07, 6.45) is 0.668. The summed E-state index contributed by atoms with van der Waals surface area (Å²) in [6, 6.07) is 13.6. The van der Waals surface area contributed by atoms with Crippen molar-refractivity contribution in [2.45, 2.75) is 45.6 Å². The zero-order valence-corrected chi connectivity index (χ0v) is 20.8. The van der Waals surface area contributed by atoms with Crippen molar-refractivity contribution in [3.05, 3.63) is 64.4 Å². The SMILES string of the molecule is Cc1nc2ccc(C(=O)N(CCC[Si](C)(C)C)S(=O)[O-])cc2n1Cc1ccccc1Cl. The third-order valence-electron chi connectivity index (χ3n) is 5.17. The van der Waals surface area contributed by atoms with Gasteiger partial charge in [-0.05, 0) is 43.2 Å². The van der Waals surface area contributed by atoms with Crippen LogP contribution in [0.4, 0.5) is 0 Å². The Morgan fingerprint density at radius 3 is 2.58 bits per heavy atom. The normalized spacial score (nSPS) is 12.8. The molecule has 1 atom stereocenters. The van der Waals surface area contributed by atoms with Gasteiger partial charge in [0, 0.05) is 36.5 Å². The van der Waals surface area contributed by atoms with E-state index < -0.39 is 25.2 Å². The molecule has 0 saturated heterocycles. The molecule has 0 aliphatic carbocycles. The lowest BCUT2D eigenvalue weighted by Gasteiger charge is -2.26. The number of hydrogen-bond acceptors (Lipinski definition) is 4. The fourth-order valence-corrected chi connectivity index (χ4v) is 5.45. The van der Waals surface area contributed by atoms with Crippen molar-refractivity contribution in [3.8, 4) is 0 Å². The van der Waals surface area contributed by atoms with Gasteiger partial charge in [-0.1, -0.05) is 55.5 Å². The van der Waals surface area contributed by atoms with Crippen molar-refractivity contribution >= 4 is 47.9 Å². The molecule has 1 amide bonds. The molecule has 1 aromatic heterocycles. The fourth-order valence-electron chi connectivity index (χ4n) is 3.51. The molecule has 1 unspecified atom stereocenters. The largest absolute Gasteiger partial charge is 0.755 e. The molecular weight excluding hydrogens is 450 g/mol. The highest BCUT2D eigenvalue weighted by molar-refractivity contribution is 7.77. The first-order chi connectivity index (χ1) is 14.6. The molecule has 166 valence electrons. The molecule has 1 heterocycles. The first kappa shape index (κ1) is 23.7. The number of carbonyl (C=O) groups is 1. The van der Waals surface area contributed by atoms with E-state index in [0.29, 0.717) is 23.6 Å². The highest BCUT2D eigenvalue weighted by atomic mass is 35.5. The van der Waals surface area contributed by atoms with Gasteiger partial charge in [0.1, 0.15) is 5.82 Å². The number of carbonyl (C=O) groups excluding carboxylic acids is 1. The van der Waals surface area contributed by atoms with Crippen LogP contribution < -0.4 is 0 Å². The van der Waals surface area contributed by atoms with Crippen LogP contribution in [-0.2, 0) is 17.8 Å². The molecule has 0 radical (unpaired) electrons. The van der Waals surface area contributed by atoms with Crippen LogP contribution in [0.1, 0.15) is 28.2 Å². The van der Waals surface area contributed by atoms with E-state index >= 15 is 0 Å². The van der Waals surface area contributed by atoms with Crippen LogP contribution in [0.25, 0.3) is 11.0 Å². The van der Waals surface area contributed by atoms with Crippen molar-refractivity contribution in [2.75, 3.05) is 6.54 Å². The average molecular weight is 477 g/mol. The number of fused-ring (bicyclic) bond motifs is 1. The van der Waals surface area contributed by atoms with Crippen molar-refractivity contribution < 1.29 is 13.6 Å². The molecular formula is C22H27ClN3O3SSi-. The predicted octanol–water partition coefficient (Wildman–Crippen LogP) is 5.01. The molecule has 0 bridgehead atoms. The van der Waals surface area contributed by atoms with Crippen LogP contribution in [0.15, 0.2) is 42.5 Å². The number of halogens is 1. The molecule has 2 aromatic carbocycles. The van der Waals surface area contributed by atoms with Crippen molar-refractivity contribution in [1.29, 1.82) is 0 Å². The van der Waals surface area contributed by atoms with E-state index in [9.17, 15) is 13.6 Å². The van der Waals surface area contributed by atoms with Gasteiger partial charge < -0.3 is 9.12 Å². The lowest BCUT2D eigenvalue weighted by atomic mass is 10.1. The molecule has 0 aliphatic rings. The molecule has 0 fully saturated rings. The zero-order valence-electron chi connectivity index (χ0n) is 18.2. The maximum absolute atomic E-state index is 13.0. The second-order valence-electron chi connectivity index (χ2n) is 8.83. The Hall–Kier alpha value is -2.00. The molecule has 31 heavy (non-hydrogen) atoms. The minimum Gasteiger partial charge on any atom is -0.755 e. The van der Waals surface area contributed by atoms with Gasteiger partial charge in [-0.2, -0.15) is 0 Å². The van der Waals surface area contributed by atoms with Gasteiger partial charge in [0.15, 0.2) is 0 Å². The number of imidazole rings is 1. The van der Waals surface area contributed by atoms with E-state index in [1.54, 1.807) is 18.2 Å². The summed E-state index contributed by atoms with van der Waals surface area (Å²) in [5.74, 6) is 0.271.